The van der Waals surface area contributed by atoms with E-state index in [4.69, 9.17) is 4.74 Å². The minimum absolute atomic E-state index is 0.165. The minimum atomic E-state index is -0.672. The molecule has 0 aliphatic heterocycles. The van der Waals surface area contributed by atoms with Crippen LogP contribution in [0.15, 0.2) is 18.2 Å². The van der Waals surface area contributed by atoms with Gasteiger partial charge in [-0.2, -0.15) is 0 Å². The first-order valence-electron chi connectivity index (χ1n) is 5.57. The molecule has 0 aromatic heterocycles. The van der Waals surface area contributed by atoms with Crippen LogP contribution in [0.2, 0.25) is 0 Å². The molecule has 0 saturated heterocycles. The van der Waals surface area contributed by atoms with Gasteiger partial charge in [-0.3, -0.25) is 4.79 Å². The second-order valence-electron chi connectivity index (χ2n) is 4.14. The third-order valence-electron chi connectivity index (χ3n) is 2.49. The van der Waals surface area contributed by atoms with Crippen LogP contribution in [0.25, 0.3) is 0 Å². The molecule has 1 unspecified atom stereocenters. The zero-order chi connectivity index (χ0) is 12.8. The first-order valence-corrected chi connectivity index (χ1v) is 5.57. The monoisotopic (exact) mass is 237 g/mol. The van der Waals surface area contributed by atoms with Gasteiger partial charge in [0.05, 0.1) is 12.7 Å². The van der Waals surface area contributed by atoms with Gasteiger partial charge in [-0.15, -0.1) is 0 Å². The van der Waals surface area contributed by atoms with E-state index < -0.39 is 6.10 Å². The third-order valence-corrected chi connectivity index (χ3v) is 2.49. The summed E-state index contributed by atoms with van der Waals surface area (Å²) in [6.45, 7) is 4.24. The van der Waals surface area contributed by atoms with Crippen LogP contribution < -0.4 is 5.32 Å². The zero-order valence-electron chi connectivity index (χ0n) is 10.5. The van der Waals surface area contributed by atoms with Gasteiger partial charge in [0.2, 0.25) is 0 Å². The second-order valence-corrected chi connectivity index (χ2v) is 4.14. The number of rotatable bonds is 5. The standard InChI is InChI=1S/C13H19NO3/c1-9-4-5-10(2)12(6-9)13(16)14-7-11(15)8-17-3/h4-6,11,15H,7-8H2,1-3H3,(H,14,16). The van der Waals surface area contributed by atoms with Crippen molar-refractivity contribution in [3.05, 3.63) is 34.9 Å². The van der Waals surface area contributed by atoms with Gasteiger partial charge in [-0.1, -0.05) is 17.7 Å². The number of methoxy groups -OCH3 is 1. The normalized spacial score (nSPS) is 12.2. The van der Waals surface area contributed by atoms with Gasteiger partial charge in [-0.25, -0.2) is 0 Å². The molecule has 0 aliphatic rings. The molecule has 1 atom stereocenters. The maximum Gasteiger partial charge on any atom is 0.251 e. The lowest BCUT2D eigenvalue weighted by Gasteiger charge is -2.12. The fraction of sp³-hybridized carbons (Fsp3) is 0.462. The summed E-state index contributed by atoms with van der Waals surface area (Å²) in [7, 11) is 1.51. The Labute approximate surface area is 102 Å². The molecule has 1 aromatic carbocycles. The lowest BCUT2D eigenvalue weighted by atomic mass is 10.1. The molecule has 2 N–H and O–H groups in total. The Balaban J connectivity index is 2.61. The summed E-state index contributed by atoms with van der Waals surface area (Å²) in [5, 5.41) is 12.1. The van der Waals surface area contributed by atoms with Crippen molar-refractivity contribution < 1.29 is 14.6 Å². The van der Waals surface area contributed by atoms with Crippen LogP contribution in [-0.2, 0) is 4.74 Å². The number of aliphatic hydroxyl groups is 1. The Bertz CT molecular complexity index is 390. The number of amides is 1. The predicted octanol–water partition coefficient (Wildman–Crippen LogP) is 1.04. The van der Waals surface area contributed by atoms with E-state index in [9.17, 15) is 9.90 Å². The van der Waals surface area contributed by atoms with Crippen molar-refractivity contribution in [1.29, 1.82) is 0 Å². The van der Waals surface area contributed by atoms with Gasteiger partial charge < -0.3 is 15.2 Å². The molecular weight excluding hydrogens is 218 g/mol. The van der Waals surface area contributed by atoms with E-state index in [0.29, 0.717) is 5.56 Å². The topological polar surface area (TPSA) is 58.6 Å². The average Bonchev–Trinajstić information content (AvgIpc) is 2.29. The van der Waals surface area contributed by atoms with Crippen LogP contribution >= 0.6 is 0 Å². The fourth-order valence-electron chi connectivity index (χ4n) is 1.54. The van der Waals surface area contributed by atoms with Gasteiger partial charge in [0, 0.05) is 19.2 Å². The number of hydrogen-bond donors (Lipinski definition) is 2. The lowest BCUT2D eigenvalue weighted by Crippen LogP contribution is -2.34. The minimum Gasteiger partial charge on any atom is -0.389 e. The maximum absolute atomic E-state index is 11.9. The SMILES string of the molecule is COCC(O)CNC(=O)c1cc(C)ccc1C. The summed E-state index contributed by atoms with van der Waals surface area (Å²) >= 11 is 0. The summed E-state index contributed by atoms with van der Waals surface area (Å²) in [5.74, 6) is -0.165. The van der Waals surface area contributed by atoms with E-state index in [1.54, 1.807) is 0 Å². The number of aryl methyl sites for hydroxylation is 2. The van der Waals surface area contributed by atoms with Crippen molar-refractivity contribution in [2.24, 2.45) is 0 Å². The lowest BCUT2D eigenvalue weighted by molar-refractivity contribution is 0.0609. The summed E-state index contributed by atoms with van der Waals surface area (Å²) in [6.07, 6.45) is -0.672. The first-order chi connectivity index (χ1) is 8.04. The molecule has 0 bridgehead atoms. The van der Waals surface area contributed by atoms with Gasteiger partial charge in [0.25, 0.3) is 5.91 Å². The van der Waals surface area contributed by atoms with Crippen LogP contribution in [0.3, 0.4) is 0 Å². The highest BCUT2D eigenvalue weighted by Gasteiger charge is 2.11. The molecule has 1 aromatic rings. The van der Waals surface area contributed by atoms with Gasteiger partial charge in [-0.05, 0) is 25.5 Å². The largest absolute Gasteiger partial charge is 0.389 e. The molecule has 4 heteroatoms. The van der Waals surface area contributed by atoms with Crippen LogP contribution in [-0.4, -0.2) is 37.4 Å². The summed E-state index contributed by atoms with van der Waals surface area (Å²) < 4.78 is 4.78. The number of carbonyl (C=O) groups is 1. The highest BCUT2D eigenvalue weighted by atomic mass is 16.5. The van der Waals surface area contributed by atoms with Crippen molar-refractivity contribution in [3.63, 3.8) is 0 Å². The number of benzene rings is 1. The highest BCUT2D eigenvalue weighted by molar-refractivity contribution is 5.95. The van der Waals surface area contributed by atoms with Gasteiger partial charge in [0.15, 0.2) is 0 Å². The molecule has 0 fully saturated rings. The van der Waals surface area contributed by atoms with E-state index in [-0.39, 0.29) is 19.1 Å². The van der Waals surface area contributed by atoms with Crippen molar-refractivity contribution >= 4 is 5.91 Å². The number of carbonyl (C=O) groups excluding carboxylic acids is 1. The second kappa shape index (κ2) is 6.37. The van der Waals surface area contributed by atoms with Crippen LogP contribution in [0.5, 0.6) is 0 Å². The van der Waals surface area contributed by atoms with E-state index >= 15 is 0 Å². The number of aliphatic hydroxyl groups excluding tert-OH is 1. The van der Waals surface area contributed by atoms with E-state index in [1.807, 2.05) is 32.0 Å². The zero-order valence-corrected chi connectivity index (χ0v) is 10.5. The van der Waals surface area contributed by atoms with E-state index in [0.717, 1.165) is 11.1 Å². The van der Waals surface area contributed by atoms with Gasteiger partial charge in [0.1, 0.15) is 0 Å². The summed E-state index contributed by atoms with van der Waals surface area (Å²) in [6, 6.07) is 5.72. The predicted molar refractivity (Wildman–Crippen MR) is 66.1 cm³/mol. The maximum atomic E-state index is 11.9. The van der Waals surface area contributed by atoms with Crippen molar-refractivity contribution in [2.75, 3.05) is 20.3 Å². The molecule has 4 nitrogen and oxygen atoms in total. The van der Waals surface area contributed by atoms with Crippen LogP contribution in [0.1, 0.15) is 21.5 Å². The van der Waals surface area contributed by atoms with Crippen molar-refractivity contribution in [3.8, 4) is 0 Å². The van der Waals surface area contributed by atoms with Crippen molar-refractivity contribution in [1.82, 2.24) is 5.32 Å². The van der Waals surface area contributed by atoms with Crippen LogP contribution in [0, 0.1) is 13.8 Å². The first kappa shape index (κ1) is 13.7. The molecule has 17 heavy (non-hydrogen) atoms. The smallest absolute Gasteiger partial charge is 0.251 e. The Morgan fingerprint density at radius 1 is 1.47 bits per heavy atom. The molecular formula is C13H19NO3. The molecule has 0 saturated carbocycles. The number of ether oxygens (including phenoxy) is 1. The summed E-state index contributed by atoms with van der Waals surface area (Å²) in [4.78, 5) is 11.9. The Kier molecular flexibility index (Phi) is 5.12. The molecule has 1 amide bonds. The van der Waals surface area contributed by atoms with E-state index in [1.165, 1.54) is 7.11 Å². The summed E-state index contributed by atoms with van der Waals surface area (Å²) in [5.41, 5.74) is 2.61. The quantitative estimate of drug-likeness (QED) is 0.804. The number of nitrogens with one attached hydrogen (secondary N) is 1. The molecule has 0 aliphatic carbocycles. The Morgan fingerprint density at radius 3 is 2.82 bits per heavy atom. The molecule has 94 valence electrons. The highest BCUT2D eigenvalue weighted by Crippen LogP contribution is 2.10. The van der Waals surface area contributed by atoms with Crippen molar-refractivity contribution in [2.45, 2.75) is 20.0 Å². The van der Waals surface area contributed by atoms with Crippen LogP contribution in [0.4, 0.5) is 0 Å². The average molecular weight is 237 g/mol. The third kappa shape index (κ3) is 4.17. The Morgan fingerprint density at radius 2 is 2.18 bits per heavy atom. The molecule has 1 rings (SSSR count). The van der Waals surface area contributed by atoms with Gasteiger partial charge >= 0.3 is 0 Å². The molecule has 0 heterocycles. The molecule has 0 radical (unpaired) electrons. The fourth-order valence-corrected chi connectivity index (χ4v) is 1.54. The number of hydrogen-bond acceptors (Lipinski definition) is 3. The Hall–Kier alpha value is -1.39. The molecule has 0 spiro atoms. The van der Waals surface area contributed by atoms with E-state index in [2.05, 4.69) is 5.32 Å².